The molecule has 2 atom stereocenters. The van der Waals surface area contributed by atoms with Gasteiger partial charge in [-0.2, -0.15) is 0 Å². The number of rotatable bonds is 5. The first-order valence-electron chi connectivity index (χ1n) is 6.09. The quantitative estimate of drug-likeness (QED) is 0.735. The summed E-state index contributed by atoms with van der Waals surface area (Å²) < 4.78 is 0. The van der Waals surface area contributed by atoms with Crippen molar-refractivity contribution in [3.05, 3.63) is 28.8 Å². The Labute approximate surface area is 103 Å². The maximum Gasteiger partial charge on any atom is 0.120 e. The Balaban J connectivity index is 2.66. The summed E-state index contributed by atoms with van der Waals surface area (Å²) in [6, 6.07) is 4.03. The van der Waals surface area contributed by atoms with Crippen LogP contribution in [0.2, 0.25) is 0 Å². The summed E-state index contributed by atoms with van der Waals surface area (Å²) >= 11 is 0. The average Bonchev–Trinajstić information content (AvgIpc) is 2.30. The number of hydrogen-bond acceptors (Lipinski definition) is 3. The van der Waals surface area contributed by atoms with Crippen LogP contribution in [-0.2, 0) is 6.54 Å². The van der Waals surface area contributed by atoms with E-state index in [1.807, 2.05) is 33.8 Å². The molecule has 0 aromatic heterocycles. The molecular weight excluding hydrogens is 214 g/mol. The molecule has 2 unspecified atom stereocenters. The van der Waals surface area contributed by atoms with E-state index >= 15 is 0 Å². The number of phenolic OH excluding ortho intramolecular Hbond substituents is 1. The van der Waals surface area contributed by atoms with E-state index < -0.39 is 0 Å². The number of aliphatic hydroxyl groups is 1. The van der Waals surface area contributed by atoms with Crippen LogP contribution in [0.1, 0.15) is 30.5 Å². The molecule has 0 bridgehead atoms. The van der Waals surface area contributed by atoms with Crippen molar-refractivity contribution in [3.8, 4) is 5.75 Å². The van der Waals surface area contributed by atoms with E-state index in [4.69, 9.17) is 5.11 Å². The molecule has 1 aromatic carbocycles. The standard InChI is InChI=1S/C14H23NO2/c1-9-5-13(14(17)6-10(9)2)7-15-12(4)11(3)8-16/h5-6,11-12,15-17H,7-8H2,1-4H3. The van der Waals surface area contributed by atoms with Crippen LogP contribution in [0.4, 0.5) is 0 Å². The zero-order valence-corrected chi connectivity index (χ0v) is 11.1. The fourth-order valence-corrected chi connectivity index (χ4v) is 1.63. The lowest BCUT2D eigenvalue weighted by atomic mass is 10.0. The van der Waals surface area contributed by atoms with Gasteiger partial charge in [-0.05, 0) is 43.9 Å². The predicted molar refractivity (Wildman–Crippen MR) is 70.1 cm³/mol. The highest BCUT2D eigenvalue weighted by Gasteiger charge is 2.11. The molecule has 0 saturated carbocycles. The molecule has 0 aliphatic rings. The molecule has 0 fully saturated rings. The topological polar surface area (TPSA) is 52.5 Å². The summed E-state index contributed by atoms with van der Waals surface area (Å²) in [4.78, 5) is 0. The summed E-state index contributed by atoms with van der Waals surface area (Å²) in [7, 11) is 0. The number of aromatic hydroxyl groups is 1. The van der Waals surface area contributed by atoms with Gasteiger partial charge in [-0.3, -0.25) is 0 Å². The molecule has 0 amide bonds. The Hall–Kier alpha value is -1.06. The van der Waals surface area contributed by atoms with E-state index in [2.05, 4.69) is 5.32 Å². The van der Waals surface area contributed by atoms with Crippen LogP contribution < -0.4 is 5.32 Å². The summed E-state index contributed by atoms with van der Waals surface area (Å²) in [6.45, 7) is 8.86. The second-order valence-corrected chi connectivity index (χ2v) is 4.89. The van der Waals surface area contributed by atoms with Gasteiger partial charge in [-0.15, -0.1) is 0 Å². The Bertz CT molecular complexity index is 377. The van der Waals surface area contributed by atoms with Crippen molar-refractivity contribution in [2.75, 3.05) is 6.61 Å². The van der Waals surface area contributed by atoms with Crippen molar-refractivity contribution >= 4 is 0 Å². The van der Waals surface area contributed by atoms with Crippen LogP contribution in [0.3, 0.4) is 0 Å². The van der Waals surface area contributed by atoms with Crippen molar-refractivity contribution in [2.45, 2.75) is 40.3 Å². The maximum absolute atomic E-state index is 9.84. The minimum Gasteiger partial charge on any atom is -0.508 e. The zero-order chi connectivity index (χ0) is 13.0. The van der Waals surface area contributed by atoms with Crippen LogP contribution >= 0.6 is 0 Å². The van der Waals surface area contributed by atoms with E-state index in [-0.39, 0.29) is 18.6 Å². The second-order valence-electron chi connectivity index (χ2n) is 4.89. The van der Waals surface area contributed by atoms with Crippen LogP contribution in [0.5, 0.6) is 5.75 Å². The summed E-state index contributed by atoms with van der Waals surface area (Å²) in [5.41, 5.74) is 3.19. The average molecular weight is 237 g/mol. The molecule has 3 heteroatoms. The fraction of sp³-hybridized carbons (Fsp3) is 0.571. The number of hydrogen-bond donors (Lipinski definition) is 3. The SMILES string of the molecule is Cc1cc(O)c(CNC(C)C(C)CO)cc1C. The highest BCUT2D eigenvalue weighted by molar-refractivity contribution is 5.40. The molecule has 0 radical (unpaired) electrons. The number of phenols is 1. The smallest absolute Gasteiger partial charge is 0.120 e. The van der Waals surface area contributed by atoms with Gasteiger partial charge in [0, 0.05) is 24.8 Å². The molecule has 0 aliphatic heterocycles. The predicted octanol–water partition coefficient (Wildman–Crippen LogP) is 2.12. The molecule has 0 heterocycles. The molecule has 0 spiro atoms. The number of benzene rings is 1. The molecule has 3 nitrogen and oxygen atoms in total. The van der Waals surface area contributed by atoms with E-state index in [0.29, 0.717) is 12.3 Å². The van der Waals surface area contributed by atoms with Crippen molar-refractivity contribution < 1.29 is 10.2 Å². The lowest BCUT2D eigenvalue weighted by Gasteiger charge is -2.20. The zero-order valence-electron chi connectivity index (χ0n) is 11.1. The lowest BCUT2D eigenvalue weighted by Crippen LogP contribution is -2.33. The lowest BCUT2D eigenvalue weighted by molar-refractivity contribution is 0.207. The van der Waals surface area contributed by atoms with Crippen LogP contribution in [0.15, 0.2) is 12.1 Å². The molecule has 1 aromatic rings. The van der Waals surface area contributed by atoms with E-state index in [1.165, 1.54) is 5.56 Å². The largest absolute Gasteiger partial charge is 0.508 e. The summed E-state index contributed by atoms with van der Waals surface area (Å²) in [6.07, 6.45) is 0. The van der Waals surface area contributed by atoms with Crippen molar-refractivity contribution in [3.63, 3.8) is 0 Å². The third kappa shape index (κ3) is 3.72. The first kappa shape index (κ1) is 14.0. The number of aliphatic hydroxyl groups excluding tert-OH is 1. The first-order valence-corrected chi connectivity index (χ1v) is 6.09. The monoisotopic (exact) mass is 237 g/mol. The summed E-state index contributed by atoms with van der Waals surface area (Å²) in [5, 5.41) is 22.2. The number of aryl methyl sites for hydroxylation is 2. The van der Waals surface area contributed by atoms with Crippen LogP contribution in [-0.4, -0.2) is 22.9 Å². The Kier molecular flexibility index (Phi) is 4.97. The third-order valence-electron chi connectivity index (χ3n) is 3.45. The van der Waals surface area contributed by atoms with Gasteiger partial charge in [-0.1, -0.05) is 13.0 Å². The molecule has 0 saturated heterocycles. The van der Waals surface area contributed by atoms with Gasteiger partial charge in [0.15, 0.2) is 0 Å². The van der Waals surface area contributed by atoms with Gasteiger partial charge in [0.05, 0.1) is 0 Å². The molecule has 17 heavy (non-hydrogen) atoms. The van der Waals surface area contributed by atoms with Crippen molar-refractivity contribution in [1.82, 2.24) is 5.32 Å². The molecule has 0 aliphatic carbocycles. The van der Waals surface area contributed by atoms with Crippen molar-refractivity contribution in [1.29, 1.82) is 0 Å². The van der Waals surface area contributed by atoms with Gasteiger partial charge < -0.3 is 15.5 Å². The molecule has 3 N–H and O–H groups in total. The molecule has 1 rings (SSSR count). The Morgan fingerprint density at radius 2 is 1.76 bits per heavy atom. The number of nitrogens with one attached hydrogen (secondary N) is 1. The van der Waals surface area contributed by atoms with E-state index in [1.54, 1.807) is 6.07 Å². The minimum atomic E-state index is 0.174. The van der Waals surface area contributed by atoms with Gasteiger partial charge >= 0.3 is 0 Å². The first-order chi connectivity index (χ1) is 7.95. The highest BCUT2D eigenvalue weighted by atomic mass is 16.3. The summed E-state index contributed by atoms with van der Waals surface area (Å²) in [5.74, 6) is 0.549. The van der Waals surface area contributed by atoms with Crippen molar-refractivity contribution in [2.24, 2.45) is 5.92 Å². The van der Waals surface area contributed by atoms with Gasteiger partial charge in [0.2, 0.25) is 0 Å². The second kappa shape index (κ2) is 6.03. The fourth-order valence-electron chi connectivity index (χ4n) is 1.63. The van der Waals surface area contributed by atoms with Gasteiger partial charge in [0.1, 0.15) is 5.75 Å². The Morgan fingerprint density at radius 3 is 2.35 bits per heavy atom. The van der Waals surface area contributed by atoms with Gasteiger partial charge in [0.25, 0.3) is 0 Å². The van der Waals surface area contributed by atoms with E-state index in [9.17, 15) is 5.11 Å². The van der Waals surface area contributed by atoms with Gasteiger partial charge in [-0.25, -0.2) is 0 Å². The Morgan fingerprint density at radius 1 is 1.18 bits per heavy atom. The maximum atomic E-state index is 9.84. The minimum absolute atomic E-state index is 0.174. The van der Waals surface area contributed by atoms with Crippen LogP contribution in [0.25, 0.3) is 0 Å². The third-order valence-corrected chi connectivity index (χ3v) is 3.45. The van der Waals surface area contributed by atoms with E-state index in [0.717, 1.165) is 11.1 Å². The highest BCUT2D eigenvalue weighted by Crippen LogP contribution is 2.21. The molecule has 96 valence electrons. The molecular formula is C14H23NO2. The van der Waals surface area contributed by atoms with Crippen LogP contribution in [0, 0.1) is 19.8 Å². The normalized spacial score (nSPS) is 14.6.